The average molecular weight is 227 g/mol. The van der Waals surface area contributed by atoms with Gasteiger partial charge in [0.25, 0.3) is 0 Å². The second-order valence-corrected chi connectivity index (χ2v) is 5.07. The summed E-state index contributed by atoms with van der Waals surface area (Å²) in [4.78, 5) is 5.35. The molecule has 0 aromatic carbocycles. The van der Waals surface area contributed by atoms with E-state index in [1.807, 2.05) is 11.7 Å². The Morgan fingerprint density at radius 1 is 1.33 bits per heavy atom. The molecule has 0 bridgehead atoms. The molecule has 0 saturated heterocycles. The molecule has 2 N–H and O–H groups in total. The van der Waals surface area contributed by atoms with E-state index in [1.165, 1.54) is 11.3 Å². The zero-order valence-corrected chi connectivity index (χ0v) is 10.4. The quantitative estimate of drug-likeness (QED) is 0.666. The lowest BCUT2D eigenvalue weighted by atomic mass is 10.2. The molecular formula is C11H21N3S. The molecule has 0 spiro atoms. The minimum atomic E-state index is 0.746. The van der Waals surface area contributed by atoms with Gasteiger partial charge in [-0.3, -0.25) is 4.98 Å². The van der Waals surface area contributed by atoms with Crippen LogP contribution in [-0.2, 0) is 6.54 Å². The van der Waals surface area contributed by atoms with Crippen molar-refractivity contribution in [2.45, 2.75) is 26.8 Å². The summed E-state index contributed by atoms with van der Waals surface area (Å²) in [6.45, 7) is 8.71. The fourth-order valence-electron chi connectivity index (χ4n) is 1.27. The van der Waals surface area contributed by atoms with E-state index in [4.69, 9.17) is 0 Å². The van der Waals surface area contributed by atoms with Gasteiger partial charge in [-0.25, -0.2) is 0 Å². The first-order valence-electron chi connectivity index (χ1n) is 5.58. The van der Waals surface area contributed by atoms with Crippen LogP contribution >= 0.6 is 11.3 Å². The Labute approximate surface area is 96.3 Å². The van der Waals surface area contributed by atoms with Gasteiger partial charge in [-0.15, -0.1) is 11.3 Å². The van der Waals surface area contributed by atoms with E-state index in [-0.39, 0.29) is 0 Å². The van der Waals surface area contributed by atoms with Crippen LogP contribution < -0.4 is 10.6 Å². The Morgan fingerprint density at radius 2 is 2.13 bits per heavy atom. The standard InChI is InChI=1S/C11H21N3S/c1-10(2)6-12-4-3-5-13-7-11-8-14-9-15-11/h8-10,12-13H,3-7H2,1-2H3. The third kappa shape index (κ3) is 6.60. The number of hydrogen-bond acceptors (Lipinski definition) is 4. The van der Waals surface area contributed by atoms with Crippen LogP contribution in [0.3, 0.4) is 0 Å². The normalized spacial score (nSPS) is 11.1. The zero-order chi connectivity index (χ0) is 10.9. The van der Waals surface area contributed by atoms with E-state index in [0.29, 0.717) is 0 Å². The maximum absolute atomic E-state index is 4.04. The van der Waals surface area contributed by atoms with E-state index in [0.717, 1.165) is 32.1 Å². The van der Waals surface area contributed by atoms with Gasteiger partial charge >= 0.3 is 0 Å². The summed E-state index contributed by atoms with van der Waals surface area (Å²) in [5, 5.41) is 6.84. The number of rotatable bonds is 8. The lowest BCUT2D eigenvalue weighted by molar-refractivity contribution is 0.531. The predicted octanol–water partition coefficient (Wildman–Crippen LogP) is 1.87. The minimum Gasteiger partial charge on any atom is -0.316 e. The van der Waals surface area contributed by atoms with Gasteiger partial charge in [0.1, 0.15) is 0 Å². The molecule has 0 saturated carbocycles. The van der Waals surface area contributed by atoms with Gasteiger partial charge in [0.2, 0.25) is 0 Å². The highest BCUT2D eigenvalue weighted by atomic mass is 32.1. The fraction of sp³-hybridized carbons (Fsp3) is 0.727. The molecule has 1 aromatic heterocycles. The maximum atomic E-state index is 4.04. The Morgan fingerprint density at radius 3 is 2.80 bits per heavy atom. The molecule has 4 heteroatoms. The molecule has 1 rings (SSSR count). The summed E-state index contributed by atoms with van der Waals surface area (Å²) < 4.78 is 0. The van der Waals surface area contributed by atoms with Crippen molar-refractivity contribution in [1.82, 2.24) is 15.6 Å². The van der Waals surface area contributed by atoms with Crippen molar-refractivity contribution in [3.8, 4) is 0 Å². The third-order valence-electron chi connectivity index (χ3n) is 2.04. The molecule has 0 aliphatic carbocycles. The van der Waals surface area contributed by atoms with Crippen LogP contribution in [0.2, 0.25) is 0 Å². The van der Waals surface area contributed by atoms with Crippen molar-refractivity contribution in [2.24, 2.45) is 5.92 Å². The third-order valence-corrected chi connectivity index (χ3v) is 2.82. The van der Waals surface area contributed by atoms with Crippen molar-refractivity contribution < 1.29 is 0 Å². The molecule has 1 heterocycles. The van der Waals surface area contributed by atoms with E-state index in [2.05, 4.69) is 29.5 Å². The second-order valence-electron chi connectivity index (χ2n) is 4.10. The minimum absolute atomic E-state index is 0.746. The van der Waals surface area contributed by atoms with Crippen LogP contribution in [0.1, 0.15) is 25.1 Å². The smallest absolute Gasteiger partial charge is 0.0794 e. The van der Waals surface area contributed by atoms with Crippen LogP contribution in [0.5, 0.6) is 0 Å². The highest BCUT2D eigenvalue weighted by Gasteiger charge is 1.94. The van der Waals surface area contributed by atoms with E-state index >= 15 is 0 Å². The van der Waals surface area contributed by atoms with E-state index in [1.54, 1.807) is 11.3 Å². The van der Waals surface area contributed by atoms with Gasteiger partial charge in [0.05, 0.1) is 5.51 Å². The van der Waals surface area contributed by atoms with Crippen molar-refractivity contribution in [3.05, 3.63) is 16.6 Å². The predicted molar refractivity (Wildman–Crippen MR) is 66.1 cm³/mol. The van der Waals surface area contributed by atoms with Gasteiger partial charge in [-0.1, -0.05) is 13.8 Å². The van der Waals surface area contributed by atoms with Gasteiger partial charge in [-0.2, -0.15) is 0 Å². The number of nitrogens with one attached hydrogen (secondary N) is 2. The van der Waals surface area contributed by atoms with E-state index < -0.39 is 0 Å². The summed E-state index contributed by atoms with van der Waals surface area (Å²) >= 11 is 1.71. The monoisotopic (exact) mass is 227 g/mol. The Kier molecular flexibility index (Phi) is 6.55. The van der Waals surface area contributed by atoms with Crippen LogP contribution in [0, 0.1) is 5.92 Å². The number of nitrogens with zero attached hydrogens (tertiary/aromatic N) is 1. The van der Waals surface area contributed by atoms with Gasteiger partial charge in [0.15, 0.2) is 0 Å². The highest BCUT2D eigenvalue weighted by molar-refractivity contribution is 7.09. The largest absolute Gasteiger partial charge is 0.316 e. The van der Waals surface area contributed by atoms with Gasteiger partial charge < -0.3 is 10.6 Å². The van der Waals surface area contributed by atoms with Crippen molar-refractivity contribution in [3.63, 3.8) is 0 Å². The first-order chi connectivity index (χ1) is 7.29. The molecule has 0 fully saturated rings. The summed E-state index contributed by atoms with van der Waals surface area (Å²) in [7, 11) is 0. The zero-order valence-electron chi connectivity index (χ0n) is 9.62. The number of aromatic nitrogens is 1. The van der Waals surface area contributed by atoms with Crippen LogP contribution in [0.4, 0.5) is 0 Å². The van der Waals surface area contributed by atoms with Crippen LogP contribution in [0.25, 0.3) is 0 Å². The van der Waals surface area contributed by atoms with Crippen molar-refractivity contribution in [1.29, 1.82) is 0 Å². The summed E-state index contributed by atoms with van der Waals surface area (Å²) in [6, 6.07) is 0. The molecule has 0 unspecified atom stereocenters. The Balaban J connectivity index is 1.85. The topological polar surface area (TPSA) is 37.0 Å². The van der Waals surface area contributed by atoms with Gasteiger partial charge in [0, 0.05) is 17.6 Å². The molecular weight excluding hydrogens is 206 g/mol. The first kappa shape index (κ1) is 12.6. The van der Waals surface area contributed by atoms with E-state index in [9.17, 15) is 0 Å². The van der Waals surface area contributed by atoms with Crippen molar-refractivity contribution in [2.75, 3.05) is 19.6 Å². The summed E-state index contributed by atoms with van der Waals surface area (Å²) in [6.07, 6.45) is 3.11. The molecule has 86 valence electrons. The van der Waals surface area contributed by atoms with Crippen LogP contribution in [0.15, 0.2) is 11.7 Å². The van der Waals surface area contributed by atoms with Crippen molar-refractivity contribution >= 4 is 11.3 Å². The number of hydrogen-bond donors (Lipinski definition) is 2. The Hall–Kier alpha value is -0.450. The lowest BCUT2D eigenvalue weighted by Crippen LogP contribution is -2.24. The lowest BCUT2D eigenvalue weighted by Gasteiger charge is -2.07. The molecule has 1 aromatic rings. The average Bonchev–Trinajstić information content (AvgIpc) is 2.68. The van der Waals surface area contributed by atoms with Gasteiger partial charge in [-0.05, 0) is 32.0 Å². The fourth-order valence-corrected chi connectivity index (χ4v) is 1.83. The van der Waals surface area contributed by atoms with Crippen LogP contribution in [-0.4, -0.2) is 24.6 Å². The molecule has 15 heavy (non-hydrogen) atoms. The molecule has 0 aliphatic rings. The Bertz CT molecular complexity index is 234. The molecule has 0 radical (unpaired) electrons. The highest BCUT2D eigenvalue weighted by Crippen LogP contribution is 2.03. The SMILES string of the molecule is CC(C)CNCCCNCc1cncs1. The molecule has 0 aliphatic heterocycles. The summed E-state index contributed by atoms with van der Waals surface area (Å²) in [5.74, 6) is 0.746. The first-order valence-corrected chi connectivity index (χ1v) is 6.46. The molecule has 0 amide bonds. The maximum Gasteiger partial charge on any atom is 0.0794 e. The molecule has 3 nitrogen and oxygen atoms in total. The second kappa shape index (κ2) is 7.79. The number of thiazole rings is 1. The molecule has 0 atom stereocenters. The summed E-state index contributed by atoms with van der Waals surface area (Å²) in [5.41, 5.74) is 1.88.